The van der Waals surface area contributed by atoms with Gasteiger partial charge in [0.25, 0.3) is 0 Å². The lowest BCUT2D eigenvalue weighted by atomic mass is 9.98. The minimum Gasteiger partial charge on any atom is -0.481 e. The number of aliphatic carboxylic acids is 2. The van der Waals surface area contributed by atoms with Crippen LogP contribution < -0.4 is 21.7 Å². The molecule has 15 nitrogen and oxygen atoms in total. The highest BCUT2D eigenvalue weighted by molar-refractivity contribution is 5.94. The fraction of sp³-hybridized carbons (Fsp3) is 0.522. The first-order valence-electron chi connectivity index (χ1n) is 12.1. The lowest BCUT2D eigenvalue weighted by Gasteiger charge is -2.25. The Hall–Kier alpha value is -4.27. The number of aromatic amines is 2. The van der Waals surface area contributed by atoms with Crippen molar-refractivity contribution in [1.29, 1.82) is 0 Å². The normalized spacial score (nSPS) is 14.9. The molecule has 15 heteroatoms. The number of aromatic nitrogens is 4. The van der Waals surface area contributed by atoms with E-state index < -0.39 is 60.2 Å². The van der Waals surface area contributed by atoms with Gasteiger partial charge in [0.15, 0.2) is 0 Å². The molecule has 2 aromatic heterocycles. The van der Waals surface area contributed by atoms with E-state index in [9.17, 15) is 29.1 Å². The standard InChI is InChI=1S/C23H34N8O7/c1-3-12(2)19(24)22(36)30-16(6-13-8-25-10-27-13)21(35)29-15(4-5-18(32)33)20(34)31-17(23(37)38)7-14-9-26-11-28-14/h8-12,15-17,19H,3-7,24H2,1-2H3,(H,25,27)(H,26,28)(H,29,35)(H,30,36)(H,31,34)(H,32,33)(H,37,38). The second kappa shape index (κ2) is 14.5. The Morgan fingerprint density at radius 1 is 0.868 bits per heavy atom. The minimum absolute atomic E-state index is 0.0182. The summed E-state index contributed by atoms with van der Waals surface area (Å²) in [6, 6.07) is -4.84. The van der Waals surface area contributed by atoms with E-state index in [2.05, 4.69) is 35.9 Å². The molecule has 38 heavy (non-hydrogen) atoms. The van der Waals surface area contributed by atoms with Crippen LogP contribution in [0.1, 0.15) is 44.5 Å². The first kappa shape index (κ1) is 30.0. The number of rotatable bonds is 16. The number of imidazole rings is 2. The quantitative estimate of drug-likeness (QED) is 0.126. The largest absolute Gasteiger partial charge is 0.481 e. The molecule has 0 radical (unpaired) electrons. The molecule has 2 heterocycles. The van der Waals surface area contributed by atoms with Gasteiger partial charge >= 0.3 is 11.9 Å². The van der Waals surface area contributed by atoms with E-state index >= 15 is 0 Å². The maximum absolute atomic E-state index is 13.2. The number of carbonyl (C=O) groups excluding carboxylic acids is 3. The van der Waals surface area contributed by atoms with Crippen molar-refractivity contribution < 1.29 is 34.2 Å². The third-order valence-electron chi connectivity index (χ3n) is 6.04. The van der Waals surface area contributed by atoms with Crippen LogP contribution in [0.25, 0.3) is 0 Å². The molecule has 0 saturated carbocycles. The van der Waals surface area contributed by atoms with Gasteiger partial charge in [0.05, 0.1) is 18.7 Å². The van der Waals surface area contributed by atoms with Gasteiger partial charge in [0.1, 0.15) is 18.1 Å². The molecule has 3 amide bonds. The zero-order valence-electron chi connectivity index (χ0n) is 21.1. The van der Waals surface area contributed by atoms with Gasteiger partial charge in [0.2, 0.25) is 17.7 Å². The maximum atomic E-state index is 13.2. The van der Waals surface area contributed by atoms with E-state index in [1.54, 1.807) is 6.92 Å². The van der Waals surface area contributed by atoms with Crippen molar-refractivity contribution in [1.82, 2.24) is 35.9 Å². The van der Waals surface area contributed by atoms with Gasteiger partial charge in [-0.3, -0.25) is 19.2 Å². The fourth-order valence-electron chi connectivity index (χ4n) is 3.50. The van der Waals surface area contributed by atoms with Gasteiger partial charge in [-0.05, 0) is 12.3 Å². The van der Waals surface area contributed by atoms with Crippen molar-refractivity contribution in [3.63, 3.8) is 0 Å². The van der Waals surface area contributed by atoms with Gasteiger partial charge in [-0.25, -0.2) is 14.8 Å². The topological polar surface area (TPSA) is 245 Å². The summed E-state index contributed by atoms with van der Waals surface area (Å²) in [5.41, 5.74) is 6.97. The highest BCUT2D eigenvalue weighted by atomic mass is 16.4. The minimum atomic E-state index is -1.40. The molecule has 0 saturated heterocycles. The summed E-state index contributed by atoms with van der Waals surface area (Å²) in [6.45, 7) is 3.66. The molecule has 2 aromatic rings. The third kappa shape index (κ3) is 9.31. The Labute approximate surface area is 218 Å². The average molecular weight is 535 g/mol. The number of nitrogens with one attached hydrogen (secondary N) is 5. The van der Waals surface area contributed by atoms with Gasteiger partial charge in [-0.2, -0.15) is 0 Å². The second-order valence-corrected chi connectivity index (χ2v) is 8.93. The summed E-state index contributed by atoms with van der Waals surface area (Å²) in [4.78, 5) is 75.1. The number of hydrogen-bond donors (Lipinski definition) is 8. The van der Waals surface area contributed by atoms with Crippen molar-refractivity contribution in [2.24, 2.45) is 11.7 Å². The number of carboxylic acid groups (broad SMARTS) is 2. The smallest absolute Gasteiger partial charge is 0.326 e. The molecule has 0 aliphatic rings. The number of H-pyrrole nitrogens is 2. The second-order valence-electron chi connectivity index (χ2n) is 8.93. The zero-order valence-corrected chi connectivity index (χ0v) is 21.1. The van der Waals surface area contributed by atoms with Crippen LogP contribution in [0.2, 0.25) is 0 Å². The molecule has 0 spiro atoms. The van der Waals surface area contributed by atoms with E-state index in [1.807, 2.05) is 6.92 Å². The Balaban J connectivity index is 2.20. The lowest BCUT2D eigenvalue weighted by Crippen LogP contribution is -2.58. The van der Waals surface area contributed by atoms with Gasteiger partial charge in [-0.15, -0.1) is 0 Å². The van der Waals surface area contributed by atoms with Crippen LogP contribution in [0.15, 0.2) is 25.0 Å². The predicted octanol–water partition coefficient (Wildman–Crippen LogP) is -1.30. The lowest BCUT2D eigenvalue weighted by molar-refractivity contribution is -0.143. The highest BCUT2D eigenvalue weighted by Gasteiger charge is 2.32. The third-order valence-corrected chi connectivity index (χ3v) is 6.04. The zero-order chi connectivity index (χ0) is 28.2. The summed E-state index contributed by atoms with van der Waals surface area (Å²) >= 11 is 0. The summed E-state index contributed by atoms with van der Waals surface area (Å²) in [5, 5.41) is 26.1. The van der Waals surface area contributed by atoms with Crippen molar-refractivity contribution >= 4 is 29.7 Å². The molecule has 208 valence electrons. The summed E-state index contributed by atoms with van der Waals surface area (Å²) in [5.74, 6) is -4.96. The molecule has 9 N–H and O–H groups in total. The monoisotopic (exact) mass is 534 g/mol. The first-order chi connectivity index (χ1) is 18.0. The van der Waals surface area contributed by atoms with Crippen molar-refractivity contribution in [2.75, 3.05) is 0 Å². The van der Waals surface area contributed by atoms with E-state index in [-0.39, 0.29) is 25.2 Å². The van der Waals surface area contributed by atoms with Gasteiger partial charge in [0, 0.05) is 43.0 Å². The molecule has 0 bridgehead atoms. The number of nitrogens with zero attached hydrogens (tertiary/aromatic N) is 2. The average Bonchev–Trinajstić information content (AvgIpc) is 3.58. The van der Waals surface area contributed by atoms with Crippen LogP contribution in [0.5, 0.6) is 0 Å². The Bertz CT molecular complexity index is 1070. The highest BCUT2D eigenvalue weighted by Crippen LogP contribution is 2.08. The molecular formula is C23H34N8O7. The van der Waals surface area contributed by atoms with Crippen molar-refractivity contribution in [2.45, 2.75) is 70.1 Å². The Morgan fingerprint density at radius 3 is 1.84 bits per heavy atom. The van der Waals surface area contributed by atoms with E-state index in [4.69, 9.17) is 10.8 Å². The van der Waals surface area contributed by atoms with Crippen LogP contribution in [0.4, 0.5) is 0 Å². The summed E-state index contributed by atoms with van der Waals surface area (Å²) in [7, 11) is 0. The Kier molecular flexibility index (Phi) is 11.4. The van der Waals surface area contributed by atoms with Crippen LogP contribution in [-0.4, -0.2) is 84.0 Å². The number of nitrogens with two attached hydrogens (primary N) is 1. The van der Waals surface area contributed by atoms with Crippen molar-refractivity contribution in [3.05, 3.63) is 36.4 Å². The van der Waals surface area contributed by atoms with E-state index in [0.29, 0.717) is 17.8 Å². The SMILES string of the molecule is CCC(C)C(N)C(=O)NC(Cc1cnc[nH]1)C(=O)NC(CCC(=O)O)C(=O)NC(Cc1cnc[nH]1)C(=O)O. The fourth-order valence-corrected chi connectivity index (χ4v) is 3.50. The first-order valence-corrected chi connectivity index (χ1v) is 12.1. The molecule has 5 atom stereocenters. The Morgan fingerprint density at radius 2 is 1.37 bits per heavy atom. The van der Waals surface area contributed by atoms with Crippen molar-refractivity contribution in [3.8, 4) is 0 Å². The maximum Gasteiger partial charge on any atom is 0.326 e. The van der Waals surface area contributed by atoms with Crippen LogP contribution in [-0.2, 0) is 36.8 Å². The molecule has 2 rings (SSSR count). The van der Waals surface area contributed by atoms with E-state index in [1.165, 1.54) is 25.0 Å². The number of carboxylic acids is 2. The van der Waals surface area contributed by atoms with Crippen LogP contribution in [0, 0.1) is 5.92 Å². The van der Waals surface area contributed by atoms with E-state index in [0.717, 1.165) is 0 Å². The molecule has 0 aromatic carbocycles. The molecular weight excluding hydrogens is 500 g/mol. The molecule has 0 fully saturated rings. The summed E-state index contributed by atoms with van der Waals surface area (Å²) < 4.78 is 0. The molecule has 5 unspecified atom stereocenters. The van der Waals surface area contributed by atoms with Gasteiger partial charge in [-0.1, -0.05) is 20.3 Å². The predicted molar refractivity (Wildman–Crippen MR) is 132 cm³/mol. The number of carbonyl (C=O) groups is 5. The number of amides is 3. The van der Waals surface area contributed by atoms with Crippen LogP contribution >= 0.6 is 0 Å². The summed E-state index contributed by atoms with van der Waals surface area (Å²) in [6.07, 6.45) is 5.31. The molecule has 0 aliphatic carbocycles. The number of hydrogen-bond acceptors (Lipinski definition) is 8. The molecule has 0 aliphatic heterocycles. The van der Waals surface area contributed by atoms with Crippen LogP contribution in [0.3, 0.4) is 0 Å². The van der Waals surface area contributed by atoms with Gasteiger partial charge < -0.3 is 41.9 Å².